The van der Waals surface area contributed by atoms with Crippen molar-refractivity contribution in [3.63, 3.8) is 0 Å². The summed E-state index contributed by atoms with van der Waals surface area (Å²) in [7, 11) is 3.97. The van der Waals surface area contributed by atoms with Gasteiger partial charge in [-0.05, 0) is 32.9 Å². The topological polar surface area (TPSA) is 62.5 Å². The van der Waals surface area contributed by atoms with E-state index < -0.39 is 0 Å². The van der Waals surface area contributed by atoms with Gasteiger partial charge in [0.25, 0.3) is 5.91 Å². The molecule has 2 atom stereocenters. The molecule has 6 heteroatoms. The summed E-state index contributed by atoms with van der Waals surface area (Å²) in [6.07, 6.45) is 1.16. The van der Waals surface area contributed by atoms with E-state index in [1.165, 1.54) is 11.3 Å². The molecule has 0 spiro atoms. The molecule has 19 heavy (non-hydrogen) atoms. The number of carbonyl (C=O) groups excluding carboxylic acids is 1. The first kappa shape index (κ1) is 14.4. The van der Waals surface area contributed by atoms with E-state index in [9.17, 15) is 4.79 Å². The Bertz CT molecular complexity index is 446. The molecule has 2 N–H and O–H groups in total. The number of hydrogen-bond acceptors (Lipinski definition) is 5. The van der Waals surface area contributed by atoms with Gasteiger partial charge < -0.3 is 15.5 Å². The lowest BCUT2D eigenvalue weighted by Gasteiger charge is -2.20. The van der Waals surface area contributed by atoms with E-state index in [1.54, 1.807) is 10.3 Å². The van der Waals surface area contributed by atoms with Crippen LogP contribution in [0.4, 0.5) is 0 Å². The highest BCUT2D eigenvalue weighted by atomic mass is 32.1. The Morgan fingerprint density at radius 2 is 2.47 bits per heavy atom. The Kier molecular flexibility index (Phi) is 4.54. The molecule has 1 aliphatic rings. The third-order valence-corrected chi connectivity index (χ3v) is 4.54. The fraction of sp³-hybridized carbons (Fsp3) is 0.692. The van der Waals surface area contributed by atoms with Crippen LogP contribution in [0.5, 0.6) is 0 Å². The minimum absolute atomic E-state index is 0.00213. The molecule has 1 aromatic heterocycles. The molecule has 1 fully saturated rings. The molecule has 2 rings (SSSR count). The number of hydrogen-bond donors (Lipinski definition) is 1. The molecule has 5 nitrogen and oxygen atoms in total. The molecule has 0 aromatic carbocycles. The van der Waals surface area contributed by atoms with Crippen LogP contribution in [0.25, 0.3) is 0 Å². The smallest absolute Gasteiger partial charge is 0.273 e. The van der Waals surface area contributed by atoms with Gasteiger partial charge in [0.2, 0.25) is 0 Å². The number of carbonyl (C=O) groups is 1. The predicted molar refractivity (Wildman–Crippen MR) is 77.3 cm³/mol. The van der Waals surface area contributed by atoms with Crippen LogP contribution in [0.1, 0.15) is 34.9 Å². The summed E-state index contributed by atoms with van der Waals surface area (Å²) in [6, 6.07) is -0.111. The summed E-state index contributed by atoms with van der Waals surface area (Å²) >= 11 is 1.45. The SMILES string of the molecule is CC(N)c1nc(C(=O)N(C)CC2CCN(C)C2)cs1. The highest BCUT2D eigenvalue weighted by molar-refractivity contribution is 7.09. The van der Waals surface area contributed by atoms with Crippen LogP contribution < -0.4 is 5.73 Å². The van der Waals surface area contributed by atoms with Crippen molar-refractivity contribution in [1.29, 1.82) is 0 Å². The van der Waals surface area contributed by atoms with Crippen LogP contribution in [0.2, 0.25) is 0 Å². The van der Waals surface area contributed by atoms with Crippen LogP contribution in [0.15, 0.2) is 5.38 Å². The summed E-state index contributed by atoms with van der Waals surface area (Å²) in [5, 5.41) is 2.62. The van der Waals surface area contributed by atoms with Gasteiger partial charge in [0.15, 0.2) is 0 Å². The van der Waals surface area contributed by atoms with Crippen LogP contribution in [0.3, 0.4) is 0 Å². The Balaban J connectivity index is 1.94. The fourth-order valence-electron chi connectivity index (χ4n) is 2.44. The fourth-order valence-corrected chi connectivity index (χ4v) is 3.19. The van der Waals surface area contributed by atoms with Crippen molar-refractivity contribution in [2.75, 3.05) is 33.7 Å². The maximum Gasteiger partial charge on any atom is 0.273 e. The highest BCUT2D eigenvalue weighted by Crippen LogP contribution is 2.19. The molecule has 0 aliphatic carbocycles. The molecule has 106 valence electrons. The minimum Gasteiger partial charge on any atom is -0.340 e. The lowest BCUT2D eigenvalue weighted by molar-refractivity contribution is 0.0769. The zero-order chi connectivity index (χ0) is 14.0. The van der Waals surface area contributed by atoms with Crippen LogP contribution >= 0.6 is 11.3 Å². The van der Waals surface area contributed by atoms with E-state index in [-0.39, 0.29) is 11.9 Å². The van der Waals surface area contributed by atoms with Crippen molar-refractivity contribution in [2.45, 2.75) is 19.4 Å². The van der Waals surface area contributed by atoms with Gasteiger partial charge in [0.1, 0.15) is 10.7 Å². The molecule has 1 aliphatic heterocycles. The quantitative estimate of drug-likeness (QED) is 0.901. The Morgan fingerprint density at radius 1 is 1.74 bits per heavy atom. The second-order valence-corrected chi connectivity index (χ2v) is 6.35. The summed E-state index contributed by atoms with van der Waals surface area (Å²) in [5.74, 6) is 0.572. The molecule has 2 unspecified atom stereocenters. The Hall–Kier alpha value is -0.980. The number of likely N-dealkylation sites (tertiary alicyclic amines) is 1. The standard InChI is InChI=1S/C13H22N4OS/c1-9(14)12-15-11(8-19-12)13(18)17(3)7-10-4-5-16(2)6-10/h8-10H,4-7,14H2,1-3H3. The van der Waals surface area contributed by atoms with Gasteiger partial charge in [-0.3, -0.25) is 4.79 Å². The van der Waals surface area contributed by atoms with Crippen molar-refractivity contribution < 1.29 is 4.79 Å². The number of amides is 1. The average Bonchev–Trinajstić information content (AvgIpc) is 2.97. The molecule has 1 aromatic rings. The van der Waals surface area contributed by atoms with E-state index >= 15 is 0 Å². The van der Waals surface area contributed by atoms with E-state index in [4.69, 9.17) is 5.73 Å². The third-order valence-electron chi connectivity index (χ3n) is 3.50. The minimum atomic E-state index is -0.111. The first-order valence-electron chi connectivity index (χ1n) is 6.62. The summed E-state index contributed by atoms with van der Waals surface area (Å²) in [5.41, 5.74) is 6.29. The summed E-state index contributed by atoms with van der Waals surface area (Å²) < 4.78 is 0. The van der Waals surface area contributed by atoms with Crippen LogP contribution in [0, 0.1) is 5.92 Å². The van der Waals surface area contributed by atoms with Crippen LogP contribution in [-0.4, -0.2) is 54.4 Å². The molecule has 1 amide bonds. The highest BCUT2D eigenvalue weighted by Gasteiger charge is 2.24. The van der Waals surface area contributed by atoms with Crippen molar-refractivity contribution >= 4 is 17.2 Å². The molecule has 2 heterocycles. The maximum atomic E-state index is 12.3. The van der Waals surface area contributed by atoms with Crippen LogP contribution in [-0.2, 0) is 0 Å². The zero-order valence-corrected chi connectivity index (χ0v) is 12.6. The molecule has 0 radical (unpaired) electrons. The number of nitrogens with zero attached hydrogens (tertiary/aromatic N) is 3. The van der Waals surface area contributed by atoms with Gasteiger partial charge in [-0.15, -0.1) is 11.3 Å². The second kappa shape index (κ2) is 5.98. The van der Waals surface area contributed by atoms with Gasteiger partial charge in [0.05, 0.1) is 6.04 Å². The normalized spacial score (nSPS) is 21.6. The van der Waals surface area contributed by atoms with Gasteiger partial charge in [0, 0.05) is 25.5 Å². The van der Waals surface area contributed by atoms with Crippen molar-refractivity contribution in [2.24, 2.45) is 11.7 Å². The van der Waals surface area contributed by atoms with Gasteiger partial charge in [-0.1, -0.05) is 0 Å². The third kappa shape index (κ3) is 3.52. The van der Waals surface area contributed by atoms with Crippen molar-refractivity contribution in [3.05, 3.63) is 16.1 Å². The molecular formula is C13H22N4OS. The molecule has 0 bridgehead atoms. The zero-order valence-electron chi connectivity index (χ0n) is 11.8. The molecule has 0 saturated carbocycles. The van der Waals surface area contributed by atoms with Crippen molar-refractivity contribution in [3.8, 4) is 0 Å². The lowest BCUT2D eigenvalue weighted by atomic mass is 10.1. The second-order valence-electron chi connectivity index (χ2n) is 5.46. The summed E-state index contributed by atoms with van der Waals surface area (Å²) in [4.78, 5) is 20.7. The Labute approximate surface area is 118 Å². The molecular weight excluding hydrogens is 260 g/mol. The first-order chi connectivity index (χ1) is 8.97. The Morgan fingerprint density at radius 3 is 3.00 bits per heavy atom. The van der Waals surface area contributed by atoms with E-state index in [0.29, 0.717) is 11.6 Å². The van der Waals surface area contributed by atoms with Gasteiger partial charge >= 0.3 is 0 Å². The summed E-state index contributed by atoms with van der Waals surface area (Å²) in [6.45, 7) is 4.87. The number of nitrogens with two attached hydrogens (primary N) is 1. The largest absolute Gasteiger partial charge is 0.340 e. The lowest BCUT2D eigenvalue weighted by Crippen LogP contribution is -2.33. The first-order valence-corrected chi connectivity index (χ1v) is 7.50. The van der Waals surface area contributed by atoms with Gasteiger partial charge in [-0.25, -0.2) is 4.98 Å². The number of thiazole rings is 1. The van der Waals surface area contributed by atoms with E-state index in [2.05, 4.69) is 16.9 Å². The van der Waals surface area contributed by atoms with E-state index in [0.717, 1.165) is 31.1 Å². The monoisotopic (exact) mass is 282 g/mol. The molecule has 1 saturated heterocycles. The van der Waals surface area contributed by atoms with Gasteiger partial charge in [-0.2, -0.15) is 0 Å². The predicted octanol–water partition coefficient (Wildman–Crippen LogP) is 1.19. The number of rotatable bonds is 4. The number of aromatic nitrogens is 1. The van der Waals surface area contributed by atoms with Crippen molar-refractivity contribution in [1.82, 2.24) is 14.8 Å². The maximum absolute atomic E-state index is 12.3. The van der Waals surface area contributed by atoms with E-state index in [1.807, 2.05) is 14.0 Å². The average molecular weight is 282 g/mol.